The van der Waals surface area contributed by atoms with E-state index in [0.29, 0.717) is 5.92 Å². The van der Waals surface area contributed by atoms with Crippen LogP contribution in [0.15, 0.2) is 12.2 Å². The number of fused-ring (bicyclic) bond motifs is 1. The summed E-state index contributed by atoms with van der Waals surface area (Å²) in [4.78, 5) is 22.6. The smallest absolute Gasteiger partial charge is 0.307 e. The molecule has 3 atom stereocenters. The molecule has 0 aromatic carbocycles. The van der Waals surface area contributed by atoms with Crippen LogP contribution in [0, 0.1) is 27.4 Å². The summed E-state index contributed by atoms with van der Waals surface area (Å²) in [6, 6.07) is 0. The van der Waals surface area contributed by atoms with Crippen molar-refractivity contribution in [2.45, 2.75) is 45.6 Å². The number of carbonyl (C=O) groups excluding carboxylic acids is 1. The molecule has 2 aliphatic rings. The number of rotatable bonds is 4. The van der Waals surface area contributed by atoms with Crippen molar-refractivity contribution in [1.29, 1.82) is 0 Å². The van der Waals surface area contributed by atoms with Gasteiger partial charge in [0, 0.05) is 4.92 Å². The number of hydrogen-bond acceptors (Lipinski definition) is 4. The van der Waals surface area contributed by atoms with E-state index in [1.165, 1.54) is 0 Å². The molecule has 0 saturated heterocycles. The van der Waals surface area contributed by atoms with E-state index < -0.39 is 11.0 Å². The fourth-order valence-electron chi connectivity index (χ4n) is 3.45. The number of nitro groups is 1. The fourth-order valence-corrected chi connectivity index (χ4v) is 3.45. The molecule has 0 aliphatic heterocycles. The molecule has 0 bridgehead atoms. The maximum atomic E-state index is 12.0. The molecule has 0 amide bonds. The lowest BCUT2D eigenvalue weighted by atomic mass is 9.53. The van der Waals surface area contributed by atoms with Gasteiger partial charge in [-0.15, -0.1) is 0 Å². The van der Waals surface area contributed by atoms with Crippen molar-refractivity contribution in [3.05, 3.63) is 22.3 Å². The van der Waals surface area contributed by atoms with Gasteiger partial charge in [-0.1, -0.05) is 12.2 Å². The Hall–Kier alpha value is -1.39. The van der Waals surface area contributed by atoms with E-state index in [1.807, 2.05) is 26.8 Å². The van der Waals surface area contributed by atoms with E-state index in [0.717, 1.165) is 12.8 Å². The third kappa shape index (κ3) is 2.96. The lowest BCUT2D eigenvalue weighted by Crippen LogP contribution is -2.51. The maximum Gasteiger partial charge on any atom is 0.307 e. The second-order valence-corrected chi connectivity index (χ2v) is 6.77. The molecule has 0 aromatic rings. The molecule has 5 heteroatoms. The Morgan fingerprint density at radius 3 is 2.74 bits per heavy atom. The van der Waals surface area contributed by atoms with Crippen LogP contribution in [-0.2, 0) is 9.53 Å². The molecular formula is C14H21NO4. The molecule has 0 N–H and O–H groups in total. The van der Waals surface area contributed by atoms with Crippen molar-refractivity contribution in [1.82, 2.24) is 0 Å². The zero-order valence-corrected chi connectivity index (χ0v) is 11.7. The highest BCUT2D eigenvalue weighted by Gasteiger charge is 2.57. The van der Waals surface area contributed by atoms with E-state index in [9.17, 15) is 14.9 Å². The van der Waals surface area contributed by atoms with Gasteiger partial charge in [0.25, 0.3) is 0 Å². The average molecular weight is 267 g/mol. The van der Waals surface area contributed by atoms with Crippen molar-refractivity contribution in [2.75, 3.05) is 6.54 Å². The van der Waals surface area contributed by atoms with Gasteiger partial charge in [-0.3, -0.25) is 14.9 Å². The van der Waals surface area contributed by atoms with Crippen LogP contribution in [0.5, 0.6) is 0 Å². The van der Waals surface area contributed by atoms with Gasteiger partial charge in [0.1, 0.15) is 5.60 Å². The number of ether oxygens (including phenoxy) is 1. The van der Waals surface area contributed by atoms with Gasteiger partial charge in [-0.2, -0.15) is 0 Å². The highest BCUT2D eigenvalue weighted by molar-refractivity contribution is 5.71. The van der Waals surface area contributed by atoms with E-state index >= 15 is 0 Å². The molecule has 106 valence electrons. The van der Waals surface area contributed by atoms with Crippen LogP contribution < -0.4 is 0 Å². The topological polar surface area (TPSA) is 69.4 Å². The standard InChI is InChI=1S/C14H21NO4/c1-13(2,3)19-12(16)8-14(9-15(17)18)7-10-5-4-6-11(10)14/h4,6,10-11H,5,7-9H2,1-3H3. The second kappa shape index (κ2) is 4.62. The van der Waals surface area contributed by atoms with Gasteiger partial charge < -0.3 is 4.74 Å². The first kappa shape index (κ1) is 14.0. The lowest BCUT2D eigenvalue weighted by molar-refractivity contribution is -0.506. The van der Waals surface area contributed by atoms with E-state index in [-0.39, 0.29) is 29.8 Å². The van der Waals surface area contributed by atoms with Crippen molar-refractivity contribution >= 4 is 5.97 Å². The zero-order chi connectivity index (χ0) is 14.3. The first-order chi connectivity index (χ1) is 8.72. The van der Waals surface area contributed by atoms with Crippen molar-refractivity contribution in [2.24, 2.45) is 17.3 Å². The van der Waals surface area contributed by atoms with E-state index in [4.69, 9.17) is 4.74 Å². The summed E-state index contributed by atoms with van der Waals surface area (Å²) < 4.78 is 5.31. The summed E-state index contributed by atoms with van der Waals surface area (Å²) >= 11 is 0. The number of hydrogen-bond donors (Lipinski definition) is 0. The number of carbonyl (C=O) groups is 1. The van der Waals surface area contributed by atoms with Gasteiger partial charge in [0.15, 0.2) is 0 Å². The molecular weight excluding hydrogens is 246 g/mol. The predicted molar refractivity (Wildman–Crippen MR) is 70.1 cm³/mol. The second-order valence-electron chi connectivity index (χ2n) is 6.77. The Kier molecular flexibility index (Phi) is 3.41. The van der Waals surface area contributed by atoms with Crippen LogP contribution in [0.2, 0.25) is 0 Å². The van der Waals surface area contributed by atoms with Gasteiger partial charge in [0.05, 0.1) is 11.8 Å². The molecule has 1 fully saturated rings. The van der Waals surface area contributed by atoms with Crippen molar-refractivity contribution in [3.63, 3.8) is 0 Å². The minimum absolute atomic E-state index is 0.141. The molecule has 0 radical (unpaired) electrons. The van der Waals surface area contributed by atoms with Crippen LogP contribution in [-0.4, -0.2) is 23.0 Å². The normalized spacial score (nSPS) is 32.6. The van der Waals surface area contributed by atoms with Crippen molar-refractivity contribution in [3.8, 4) is 0 Å². The molecule has 2 aliphatic carbocycles. The number of allylic oxidation sites excluding steroid dienone is 2. The summed E-state index contributed by atoms with van der Waals surface area (Å²) in [6.07, 6.45) is 6.01. The third-order valence-corrected chi connectivity index (χ3v) is 4.03. The predicted octanol–water partition coefficient (Wildman–Crippen LogP) is 2.58. The third-order valence-electron chi connectivity index (χ3n) is 4.03. The quantitative estimate of drug-likeness (QED) is 0.340. The SMILES string of the molecule is CC(C)(C)OC(=O)CC1(C[N+](=O)[O-])CC2CC=CC21. The molecule has 5 nitrogen and oxygen atoms in total. The Labute approximate surface area is 113 Å². The average Bonchev–Trinajstić information content (AvgIpc) is 2.55. The summed E-state index contributed by atoms with van der Waals surface area (Å²) in [7, 11) is 0. The van der Waals surface area contributed by atoms with Gasteiger partial charge in [0.2, 0.25) is 6.54 Å². The monoisotopic (exact) mass is 267 g/mol. The first-order valence-corrected chi connectivity index (χ1v) is 6.72. The largest absolute Gasteiger partial charge is 0.460 e. The lowest BCUT2D eigenvalue weighted by Gasteiger charge is -2.49. The van der Waals surface area contributed by atoms with Crippen LogP contribution in [0.25, 0.3) is 0 Å². The Bertz CT molecular complexity index is 424. The minimum atomic E-state index is -0.540. The minimum Gasteiger partial charge on any atom is -0.460 e. The molecule has 0 aromatic heterocycles. The highest BCUT2D eigenvalue weighted by atomic mass is 16.6. The van der Waals surface area contributed by atoms with Gasteiger partial charge in [-0.25, -0.2) is 0 Å². The Balaban J connectivity index is 2.06. The molecule has 0 heterocycles. The molecule has 1 saturated carbocycles. The Morgan fingerprint density at radius 2 is 2.21 bits per heavy atom. The van der Waals surface area contributed by atoms with Crippen molar-refractivity contribution < 1.29 is 14.5 Å². The molecule has 3 unspecified atom stereocenters. The zero-order valence-electron chi connectivity index (χ0n) is 11.7. The van der Waals surface area contributed by atoms with E-state index in [1.54, 1.807) is 0 Å². The van der Waals surface area contributed by atoms with Crippen LogP contribution >= 0.6 is 0 Å². The van der Waals surface area contributed by atoms with Gasteiger partial charge >= 0.3 is 5.97 Å². The summed E-state index contributed by atoms with van der Waals surface area (Å²) in [5.41, 5.74) is -1.06. The number of nitrogens with zero attached hydrogens (tertiary/aromatic N) is 1. The highest BCUT2D eigenvalue weighted by Crippen LogP contribution is 2.58. The summed E-state index contributed by atoms with van der Waals surface area (Å²) in [6.45, 7) is 5.29. The van der Waals surface area contributed by atoms with Gasteiger partial charge in [-0.05, 0) is 45.4 Å². The summed E-state index contributed by atoms with van der Waals surface area (Å²) in [5.74, 6) is 0.334. The number of esters is 1. The van der Waals surface area contributed by atoms with Crippen LogP contribution in [0.1, 0.15) is 40.0 Å². The molecule has 19 heavy (non-hydrogen) atoms. The maximum absolute atomic E-state index is 12.0. The van der Waals surface area contributed by atoms with E-state index in [2.05, 4.69) is 6.08 Å². The fraction of sp³-hybridized carbons (Fsp3) is 0.786. The molecule has 2 rings (SSSR count). The van der Waals surface area contributed by atoms with Crippen LogP contribution in [0.3, 0.4) is 0 Å². The molecule has 0 spiro atoms. The summed E-state index contributed by atoms with van der Waals surface area (Å²) in [5, 5.41) is 10.9. The Morgan fingerprint density at radius 1 is 1.53 bits per heavy atom. The van der Waals surface area contributed by atoms with Crippen LogP contribution in [0.4, 0.5) is 0 Å². The first-order valence-electron chi connectivity index (χ1n) is 6.72.